The lowest BCUT2D eigenvalue weighted by Gasteiger charge is -2.09. The summed E-state index contributed by atoms with van der Waals surface area (Å²) in [5.41, 5.74) is 5.96. The molecule has 0 atom stereocenters. The molecule has 0 aromatic carbocycles. The number of hydrogen-bond donors (Lipinski definition) is 3. The van der Waals surface area contributed by atoms with Gasteiger partial charge < -0.3 is 5.73 Å². The Morgan fingerprint density at radius 2 is 2.19 bits per heavy atom. The summed E-state index contributed by atoms with van der Waals surface area (Å²) in [7, 11) is -3.54. The number of pyridine rings is 1. The number of halogens is 1. The van der Waals surface area contributed by atoms with Crippen LogP contribution in [-0.2, 0) is 10.2 Å². The number of hydrogen-bond acceptors (Lipinski definition) is 4. The fraction of sp³-hybridized carbons (Fsp3) is 0.375. The first-order valence-corrected chi connectivity index (χ1v) is 6.95. The minimum atomic E-state index is -3.54. The van der Waals surface area contributed by atoms with Gasteiger partial charge in [0.2, 0.25) is 0 Å². The summed E-state index contributed by atoms with van der Waals surface area (Å²) in [6.45, 7) is 0. The Morgan fingerprint density at radius 1 is 1.50 bits per heavy atom. The zero-order valence-electron chi connectivity index (χ0n) is 8.27. The average Bonchev–Trinajstić information content (AvgIpc) is 2.93. The smallest absolute Gasteiger partial charge is 0.300 e. The highest BCUT2D eigenvalue weighted by atomic mass is 79.9. The number of nitrogens with two attached hydrogens (primary N) is 1. The monoisotopic (exact) mass is 306 g/mol. The number of nitrogens with zero attached hydrogens (tertiary/aromatic N) is 1. The zero-order chi connectivity index (χ0) is 11.8. The quantitative estimate of drug-likeness (QED) is 0.767. The second-order valence-electron chi connectivity index (χ2n) is 3.60. The molecule has 1 aromatic rings. The van der Waals surface area contributed by atoms with Crippen LogP contribution in [-0.4, -0.2) is 19.4 Å². The van der Waals surface area contributed by atoms with Crippen molar-refractivity contribution in [2.75, 3.05) is 10.5 Å². The molecule has 1 aliphatic carbocycles. The molecule has 1 fully saturated rings. The van der Waals surface area contributed by atoms with Crippen molar-refractivity contribution in [1.29, 1.82) is 0 Å². The van der Waals surface area contributed by atoms with Crippen molar-refractivity contribution in [3.63, 3.8) is 0 Å². The van der Waals surface area contributed by atoms with E-state index in [4.69, 9.17) is 5.73 Å². The molecule has 0 amide bonds. The van der Waals surface area contributed by atoms with E-state index < -0.39 is 10.2 Å². The molecule has 8 heteroatoms. The lowest BCUT2D eigenvalue weighted by molar-refractivity contribution is 0.586. The van der Waals surface area contributed by atoms with Crippen molar-refractivity contribution in [3.05, 3.63) is 16.7 Å². The number of anilines is 2. The van der Waals surface area contributed by atoms with Crippen LogP contribution in [0.15, 0.2) is 16.7 Å². The van der Waals surface area contributed by atoms with Crippen molar-refractivity contribution in [2.45, 2.75) is 18.9 Å². The van der Waals surface area contributed by atoms with Crippen LogP contribution < -0.4 is 15.2 Å². The highest BCUT2D eigenvalue weighted by molar-refractivity contribution is 9.10. The standard InChI is InChI=1S/C8H11BrN4O2S/c9-7-3-5(10)4-11-8(7)13-16(14,15)12-6-1-2-6/h3-4,6,12H,1-2,10H2,(H,11,13). The van der Waals surface area contributed by atoms with E-state index >= 15 is 0 Å². The van der Waals surface area contributed by atoms with Gasteiger partial charge in [0.05, 0.1) is 16.4 Å². The SMILES string of the molecule is Nc1cnc(NS(=O)(=O)NC2CC2)c(Br)c1. The van der Waals surface area contributed by atoms with Crippen molar-refractivity contribution < 1.29 is 8.42 Å². The van der Waals surface area contributed by atoms with Crippen molar-refractivity contribution in [1.82, 2.24) is 9.71 Å². The molecule has 0 saturated heterocycles. The highest BCUT2D eigenvalue weighted by Gasteiger charge is 2.27. The van der Waals surface area contributed by atoms with Crippen molar-refractivity contribution in [2.24, 2.45) is 0 Å². The minimum absolute atomic E-state index is 0.0602. The first kappa shape index (κ1) is 11.6. The second kappa shape index (κ2) is 4.19. The molecule has 1 heterocycles. The Kier molecular flexibility index (Phi) is 3.04. The molecular formula is C8H11BrN4O2S. The van der Waals surface area contributed by atoms with E-state index in [0.717, 1.165) is 12.8 Å². The van der Waals surface area contributed by atoms with E-state index in [1.807, 2.05) is 0 Å². The summed E-state index contributed by atoms with van der Waals surface area (Å²) in [5.74, 6) is 0.224. The molecule has 0 spiro atoms. The Hall–Kier alpha value is -0.860. The Labute approximate surface area is 102 Å². The van der Waals surface area contributed by atoms with Gasteiger partial charge in [-0.1, -0.05) is 0 Å². The van der Waals surface area contributed by atoms with Gasteiger partial charge >= 0.3 is 10.2 Å². The summed E-state index contributed by atoms with van der Waals surface area (Å²) in [6.07, 6.45) is 3.16. The molecule has 4 N–H and O–H groups in total. The molecule has 0 bridgehead atoms. The lowest BCUT2D eigenvalue weighted by atomic mass is 10.4. The van der Waals surface area contributed by atoms with E-state index in [9.17, 15) is 8.42 Å². The number of nitrogen functional groups attached to an aromatic ring is 1. The van der Waals surface area contributed by atoms with Gasteiger partial charge in [-0.2, -0.15) is 13.1 Å². The van der Waals surface area contributed by atoms with Crippen LogP contribution in [0.3, 0.4) is 0 Å². The maximum atomic E-state index is 11.6. The summed E-state index contributed by atoms with van der Waals surface area (Å²) in [4.78, 5) is 3.89. The predicted octanol–water partition coefficient (Wildman–Crippen LogP) is 0.835. The minimum Gasteiger partial charge on any atom is -0.397 e. The molecule has 0 aliphatic heterocycles. The van der Waals surface area contributed by atoms with Crippen LogP contribution in [0.5, 0.6) is 0 Å². The van der Waals surface area contributed by atoms with E-state index in [-0.39, 0.29) is 11.9 Å². The molecule has 2 rings (SSSR count). The van der Waals surface area contributed by atoms with Crippen LogP contribution in [0.25, 0.3) is 0 Å². The van der Waals surface area contributed by atoms with E-state index in [2.05, 4.69) is 30.4 Å². The third-order valence-corrected chi connectivity index (χ3v) is 3.70. The first-order chi connectivity index (χ1) is 7.46. The third kappa shape index (κ3) is 3.06. The topological polar surface area (TPSA) is 97.1 Å². The van der Waals surface area contributed by atoms with Gasteiger partial charge in [0.1, 0.15) is 0 Å². The van der Waals surface area contributed by atoms with Crippen LogP contribution >= 0.6 is 15.9 Å². The molecule has 0 unspecified atom stereocenters. The average molecular weight is 307 g/mol. The number of rotatable bonds is 4. The van der Waals surface area contributed by atoms with Gasteiger partial charge in [-0.15, -0.1) is 0 Å². The van der Waals surface area contributed by atoms with Gasteiger partial charge in [0, 0.05) is 6.04 Å². The van der Waals surface area contributed by atoms with Crippen LogP contribution in [0.4, 0.5) is 11.5 Å². The molecule has 1 aliphatic rings. The van der Waals surface area contributed by atoms with Crippen molar-refractivity contribution >= 4 is 37.6 Å². The van der Waals surface area contributed by atoms with Gasteiger partial charge in [0.15, 0.2) is 5.82 Å². The fourth-order valence-corrected chi connectivity index (χ4v) is 2.85. The Morgan fingerprint density at radius 3 is 2.75 bits per heavy atom. The molecule has 0 radical (unpaired) electrons. The van der Waals surface area contributed by atoms with Gasteiger partial charge in [-0.05, 0) is 34.8 Å². The summed E-state index contributed by atoms with van der Waals surface area (Å²) >= 11 is 3.18. The van der Waals surface area contributed by atoms with Crippen LogP contribution in [0, 0.1) is 0 Å². The van der Waals surface area contributed by atoms with E-state index in [1.54, 1.807) is 6.07 Å². The summed E-state index contributed by atoms with van der Waals surface area (Å²) in [5, 5.41) is 0. The first-order valence-electron chi connectivity index (χ1n) is 4.67. The maximum Gasteiger partial charge on any atom is 0.300 e. The van der Waals surface area contributed by atoms with E-state index in [0.29, 0.717) is 10.2 Å². The van der Waals surface area contributed by atoms with Gasteiger partial charge in [-0.3, -0.25) is 4.72 Å². The predicted molar refractivity (Wildman–Crippen MR) is 65.0 cm³/mol. The highest BCUT2D eigenvalue weighted by Crippen LogP contribution is 2.24. The molecule has 1 aromatic heterocycles. The zero-order valence-corrected chi connectivity index (χ0v) is 10.7. The molecular weight excluding hydrogens is 296 g/mol. The Bertz CT molecular complexity index is 501. The number of nitrogens with one attached hydrogen (secondary N) is 2. The fourth-order valence-electron chi connectivity index (χ4n) is 1.11. The van der Waals surface area contributed by atoms with Gasteiger partial charge in [0.25, 0.3) is 0 Å². The second-order valence-corrected chi connectivity index (χ2v) is 5.90. The van der Waals surface area contributed by atoms with E-state index in [1.165, 1.54) is 6.20 Å². The lowest BCUT2D eigenvalue weighted by Crippen LogP contribution is -2.32. The van der Waals surface area contributed by atoms with Crippen LogP contribution in [0.2, 0.25) is 0 Å². The molecule has 1 saturated carbocycles. The molecule has 88 valence electrons. The normalized spacial score (nSPS) is 16.1. The third-order valence-electron chi connectivity index (χ3n) is 1.99. The Balaban J connectivity index is 2.13. The molecule has 16 heavy (non-hydrogen) atoms. The van der Waals surface area contributed by atoms with Crippen molar-refractivity contribution in [3.8, 4) is 0 Å². The summed E-state index contributed by atoms with van der Waals surface area (Å²) in [6, 6.07) is 1.65. The summed E-state index contributed by atoms with van der Waals surface area (Å²) < 4.78 is 28.5. The van der Waals surface area contributed by atoms with Crippen LogP contribution in [0.1, 0.15) is 12.8 Å². The largest absolute Gasteiger partial charge is 0.397 e. The maximum absolute atomic E-state index is 11.6. The molecule has 6 nitrogen and oxygen atoms in total. The van der Waals surface area contributed by atoms with Gasteiger partial charge in [-0.25, -0.2) is 4.98 Å². The number of aromatic nitrogens is 1.